The zero-order chi connectivity index (χ0) is 29.4. The van der Waals surface area contributed by atoms with E-state index < -0.39 is 0 Å². The number of amides is 1. The smallest absolute Gasteiger partial charge is 0.229 e. The predicted molar refractivity (Wildman–Crippen MR) is 165 cm³/mol. The summed E-state index contributed by atoms with van der Waals surface area (Å²) in [6.07, 6.45) is 10.5. The molecule has 2 saturated heterocycles. The molecular formula is C30H41N9O2. The fourth-order valence-electron chi connectivity index (χ4n) is 5.21. The van der Waals surface area contributed by atoms with Crippen molar-refractivity contribution in [3.05, 3.63) is 60.3 Å². The van der Waals surface area contributed by atoms with Crippen LogP contribution in [0.1, 0.15) is 42.6 Å². The summed E-state index contributed by atoms with van der Waals surface area (Å²) in [5, 5.41) is 14.4. The first-order valence-corrected chi connectivity index (χ1v) is 14.0. The van der Waals surface area contributed by atoms with E-state index in [2.05, 4.69) is 56.7 Å². The number of amidine groups is 1. The van der Waals surface area contributed by atoms with E-state index in [1.807, 2.05) is 33.0 Å². The molecule has 3 N–H and O–H groups in total. The average Bonchev–Trinajstić information content (AvgIpc) is 2.94. The Morgan fingerprint density at radius 1 is 1.27 bits per heavy atom. The molecule has 218 valence electrons. The molecule has 2 fully saturated rings. The number of carbonyl (C=O) groups excluding carboxylic acids is 2. The highest BCUT2D eigenvalue weighted by Gasteiger charge is 2.39. The van der Waals surface area contributed by atoms with E-state index in [9.17, 15) is 9.59 Å². The van der Waals surface area contributed by atoms with E-state index >= 15 is 0 Å². The highest BCUT2D eigenvalue weighted by atomic mass is 16.1. The third-order valence-corrected chi connectivity index (χ3v) is 7.55. The normalized spacial score (nSPS) is 16.6. The number of anilines is 4. The van der Waals surface area contributed by atoms with E-state index in [1.165, 1.54) is 30.3 Å². The lowest BCUT2D eigenvalue weighted by atomic mass is 9.73. The van der Waals surface area contributed by atoms with Gasteiger partial charge >= 0.3 is 0 Å². The quantitative estimate of drug-likeness (QED) is 0.118. The maximum Gasteiger partial charge on any atom is 0.229 e. The van der Waals surface area contributed by atoms with Gasteiger partial charge in [0, 0.05) is 57.3 Å². The standard InChI is InChI=1S/C30H41N9O2/c1-6-13-37(5)39(27(36-33-21-41)10-7-22(2)3)28-24(18-40)17-32-29(35-28)34-25-8-9-26(23(4)16-25)38-14-11-30(12-15-38)19-31-20-30/h6-10,16-18,21-22,31H,1,11-15,19-20H2,2-5H3,(H,33,41)(H,32,34,35)/b10-7-,36-27+. The van der Waals surface area contributed by atoms with Crippen molar-refractivity contribution in [2.75, 3.05) is 55.0 Å². The minimum Gasteiger partial charge on any atom is -0.371 e. The van der Waals surface area contributed by atoms with Crippen LogP contribution in [0.25, 0.3) is 0 Å². The highest BCUT2D eigenvalue weighted by Crippen LogP contribution is 2.37. The van der Waals surface area contributed by atoms with Gasteiger partial charge in [-0.05, 0) is 60.9 Å². The number of carbonyl (C=O) groups is 2. The molecule has 41 heavy (non-hydrogen) atoms. The molecule has 1 spiro atoms. The second-order valence-corrected chi connectivity index (χ2v) is 11.1. The summed E-state index contributed by atoms with van der Waals surface area (Å²) in [6.45, 7) is 14.9. The molecule has 1 aromatic carbocycles. The highest BCUT2D eigenvalue weighted by molar-refractivity contribution is 6.06. The van der Waals surface area contributed by atoms with E-state index in [1.54, 1.807) is 22.2 Å². The van der Waals surface area contributed by atoms with Crippen LogP contribution in [0, 0.1) is 18.3 Å². The van der Waals surface area contributed by atoms with Crippen LogP contribution < -0.4 is 26.0 Å². The lowest BCUT2D eigenvalue weighted by Gasteiger charge is -2.49. The Bertz CT molecular complexity index is 1290. The van der Waals surface area contributed by atoms with E-state index in [-0.39, 0.29) is 11.5 Å². The molecule has 1 amide bonds. The Kier molecular flexibility index (Phi) is 9.85. The van der Waals surface area contributed by atoms with Gasteiger partial charge in [-0.1, -0.05) is 26.0 Å². The molecule has 0 aliphatic carbocycles. The minimum atomic E-state index is 0.226. The number of nitrogens with one attached hydrogen (secondary N) is 3. The molecule has 2 aliphatic rings. The van der Waals surface area contributed by atoms with Crippen LogP contribution in [0.15, 0.2) is 54.3 Å². The van der Waals surface area contributed by atoms with Gasteiger partial charge in [0.25, 0.3) is 0 Å². The molecule has 2 aromatic rings. The molecule has 0 radical (unpaired) electrons. The van der Waals surface area contributed by atoms with E-state index in [4.69, 9.17) is 4.98 Å². The van der Waals surface area contributed by atoms with Gasteiger partial charge in [0.2, 0.25) is 12.4 Å². The third kappa shape index (κ3) is 7.17. The lowest BCUT2D eigenvalue weighted by molar-refractivity contribution is -0.109. The van der Waals surface area contributed by atoms with Crippen molar-refractivity contribution in [1.82, 2.24) is 25.7 Å². The molecule has 0 bridgehead atoms. The SMILES string of the molecule is C=CCN(C)N(C(/C=C\C(C)C)=N/NC=O)c1nc(Nc2ccc(N3CCC4(CC3)CNC4)c(C)c2)ncc1C=O. The molecule has 11 nitrogen and oxygen atoms in total. The lowest BCUT2D eigenvalue weighted by Crippen LogP contribution is -2.58. The summed E-state index contributed by atoms with van der Waals surface area (Å²) in [5.74, 6) is 1.22. The molecule has 0 saturated carbocycles. The van der Waals surface area contributed by atoms with E-state index in [0.717, 1.165) is 31.9 Å². The zero-order valence-electron chi connectivity index (χ0n) is 24.4. The number of aldehydes is 1. The van der Waals surface area contributed by atoms with Crippen LogP contribution in [0.2, 0.25) is 0 Å². The average molecular weight is 560 g/mol. The van der Waals surface area contributed by atoms with Crippen molar-refractivity contribution in [2.24, 2.45) is 16.4 Å². The van der Waals surface area contributed by atoms with Gasteiger partial charge in [0.15, 0.2) is 17.9 Å². The predicted octanol–water partition coefficient (Wildman–Crippen LogP) is 3.64. The Balaban J connectivity index is 1.61. The van der Waals surface area contributed by atoms with Crippen molar-refractivity contribution in [1.29, 1.82) is 0 Å². The number of hydrogen-bond acceptors (Lipinski definition) is 9. The fraction of sp³-hybridized carbons (Fsp3) is 0.433. The molecule has 11 heteroatoms. The van der Waals surface area contributed by atoms with Gasteiger partial charge in [-0.25, -0.2) is 20.4 Å². The summed E-state index contributed by atoms with van der Waals surface area (Å²) in [5.41, 5.74) is 6.39. The van der Waals surface area contributed by atoms with Gasteiger partial charge in [0.1, 0.15) is 0 Å². The van der Waals surface area contributed by atoms with Gasteiger partial charge in [-0.3, -0.25) is 9.59 Å². The van der Waals surface area contributed by atoms with Crippen LogP contribution in [0.4, 0.5) is 23.1 Å². The number of hydrogen-bond donors (Lipinski definition) is 3. The Morgan fingerprint density at radius 3 is 2.61 bits per heavy atom. The third-order valence-electron chi connectivity index (χ3n) is 7.55. The number of allylic oxidation sites excluding steroid dienone is 1. The second kappa shape index (κ2) is 13.5. The number of rotatable bonds is 12. The number of benzene rings is 1. The topological polar surface area (TPSA) is 118 Å². The number of likely N-dealkylation sites (N-methyl/N-ethyl adjacent to an activating group) is 1. The van der Waals surface area contributed by atoms with Gasteiger partial charge in [-0.2, -0.15) is 10.1 Å². The fourth-order valence-corrected chi connectivity index (χ4v) is 5.21. The van der Waals surface area contributed by atoms with Crippen LogP contribution in [-0.2, 0) is 4.79 Å². The number of nitrogens with zero attached hydrogens (tertiary/aromatic N) is 6. The molecule has 3 heterocycles. The monoisotopic (exact) mass is 559 g/mol. The minimum absolute atomic E-state index is 0.226. The number of aromatic nitrogens is 2. The number of hydrazone groups is 1. The summed E-state index contributed by atoms with van der Waals surface area (Å²) in [4.78, 5) is 34.8. The summed E-state index contributed by atoms with van der Waals surface area (Å²) < 4.78 is 0. The first-order chi connectivity index (χ1) is 19.8. The number of piperidine rings is 1. The molecule has 2 aliphatic heterocycles. The largest absolute Gasteiger partial charge is 0.371 e. The number of hydrazine groups is 1. The first-order valence-electron chi connectivity index (χ1n) is 14.0. The van der Waals surface area contributed by atoms with Crippen LogP contribution in [-0.4, -0.2) is 73.3 Å². The maximum absolute atomic E-state index is 12.1. The Labute approximate surface area is 242 Å². The van der Waals surface area contributed by atoms with Gasteiger partial charge < -0.3 is 15.5 Å². The van der Waals surface area contributed by atoms with Crippen molar-refractivity contribution < 1.29 is 9.59 Å². The van der Waals surface area contributed by atoms with Gasteiger partial charge in [-0.15, -0.1) is 6.58 Å². The zero-order valence-corrected chi connectivity index (χ0v) is 24.4. The molecule has 0 atom stereocenters. The van der Waals surface area contributed by atoms with Crippen LogP contribution in [0.5, 0.6) is 0 Å². The van der Waals surface area contributed by atoms with E-state index in [0.29, 0.717) is 42.3 Å². The van der Waals surface area contributed by atoms with Crippen LogP contribution >= 0.6 is 0 Å². The molecule has 0 unspecified atom stereocenters. The molecular weight excluding hydrogens is 518 g/mol. The number of aryl methyl sites for hydroxylation is 1. The Hall–Kier alpha value is -4.09. The summed E-state index contributed by atoms with van der Waals surface area (Å²) in [7, 11) is 1.82. The first kappa shape index (κ1) is 29.9. The van der Waals surface area contributed by atoms with Crippen molar-refractivity contribution in [3.8, 4) is 0 Å². The molecule has 1 aromatic heterocycles. The maximum atomic E-state index is 12.1. The van der Waals surface area contributed by atoms with Crippen molar-refractivity contribution >= 4 is 41.7 Å². The summed E-state index contributed by atoms with van der Waals surface area (Å²) in [6, 6.07) is 6.27. The second-order valence-electron chi connectivity index (χ2n) is 11.1. The Morgan fingerprint density at radius 2 is 2.02 bits per heavy atom. The van der Waals surface area contributed by atoms with Crippen LogP contribution in [0.3, 0.4) is 0 Å². The van der Waals surface area contributed by atoms with Gasteiger partial charge in [0.05, 0.1) is 5.56 Å². The van der Waals surface area contributed by atoms with Crippen molar-refractivity contribution in [2.45, 2.75) is 33.6 Å². The molecule has 4 rings (SSSR count). The van der Waals surface area contributed by atoms with Crippen molar-refractivity contribution in [3.63, 3.8) is 0 Å². The summed E-state index contributed by atoms with van der Waals surface area (Å²) >= 11 is 0.